The Hall–Kier alpha value is -0.670. The molecule has 1 saturated carbocycles. The number of amides is 1. The third-order valence-electron chi connectivity index (χ3n) is 3.32. The van der Waals surface area contributed by atoms with E-state index in [1.54, 1.807) is 11.8 Å². The lowest BCUT2D eigenvalue weighted by molar-refractivity contribution is -0.118. The number of carbonyl (C=O) groups is 1. The molecule has 1 spiro atoms. The Bertz CT molecular complexity index is 454. The Morgan fingerprint density at radius 1 is 1.31 bits per heavy atom. The lowest BCUT2D eigenvalue weighted by Crippen LogP contribution is -2.40. The maximum Gasteiger partial charge on any atom is 0.241 e. The molecule has 0 unspecified atom stereocenters. The maximum absolute atomic E-state index is 12.1. The molecule has 0 atom stereocenters. The molecule has 1 aromatic rings. The van der Waals surface area contributed by atoms with E-state index in [9.17, 15) is 4.79 Å². The molecular weight excluding hydrogens is 242 g/mol. The number of nitrogens with one attached hydrogen (secondary N) is 1. The Balaban J connectivity index is 2.01. The number of thioether (sulfide) groups is 1. The highest BCUT2D eigenvalue weighted by Gasteiger charge is 2.45. The molecule has 1 N–H and O–H groups in total. The fraction of sp³-hybridized carbons (Fsp3) is 0.417. The number of rotatable bonds is 0. The smallest absolute Gasteiger partial charge is 0.241 e. The van der Waals surface area contributed by atoms with Gasteiger partial charge in [0.15, 0.2) is 0 Å². The molecular formula is C12H12ClNOS. The first-order chi connectivity index (χ1) is 7.70. The van der Waals surface area contributed by atoms with Gasteiger partial charge >= 0.3 is 0 Å². The van der Waals surface area contributed by atoms with E-state index in [0.717, 1.165) is 36.3 Å². The molecule has 1 aliphatic carbocycles. The van der Waals surface area contributed by atoms with Crippen LogP contribution in [0.3, 0.4) is 0 Å². The zero-order valence-corrected chi connectivity index (χ0v) is 10.3. The summed E-state index contributed by atoms with van der Waals surface area (Å²) in [6, 6.07) is 5.71. The standard InChI is InChI=1S/C12H12ClNOS/c13-8-3-4-10-9(7-8)14-11(15)12(16-10)5-1-2-6-12/h3-4,7H,1-2,5-6H2,(H,14,15). The largest absolute Gasteiger partial charge is 0.324 e. The van der Waals surface area contributed by atoms with E-state index >= 15 is 0 Å². The van der Waals surface area contributed by atoms with E-state index in [1.807, 2.05) is 18.2 Å². The van der Waals surface area contributed by atoms with Crippen LogP contribution in [0.2, 0.25) is 5.02 Å². The molecule has 1 aromatic carbocycles. The minimum Gasteiger partial charge on any atom is -0.324 e. The van der Waals surface area contributed by atoms with Gasteiger partial charge in [0.25, 0.3) is 0 Å². The quantitative estimate of drug-likeness (QED) is 0.764. The van der Waals surface area contributed by atoms with Crippen molar-refractivity contribution >= 4 is 35.0 Å². The van der Waals surface area contributed by atoms with Crippen molar-refractivity contribution in [3.05, 3.63) is 23.2 Å². The summed E-state index contributed by atoms with van der Waals surface area (Å²) < 4.78 is -0.208. The first-order valence-electron chi connectivity index (χ1n) is 5.50. The Labute approximate surface area is 104 Å². The second-order valence-electron chi connectivity index (χ2n) is 4.40. The highest BCUT2D eigenvalue weighted by atomic mass is 35.5. The van der Waals surface area contributed by atoms with E-state index in [1.165, 1.54) is 0 Å². The molecule has 1 fully saturated rings. The lowest BCUT2D eigenvalue weighted by Gasteiger charge is -2.32. The molecule has 1 amide bonds. The van der Waals surface area contributed by atoms with Crippen LogP contribution in [0.15, 0.2) is 23.1 Å². The van der Waals surface area contributed by atoms with Gasteiger partial charge in [-0.05, 0) is 31.0 Å². The summed E-state index contributed by atoms with van der Waals surface area (Å²) in [5, 5.41) is 3.66. The van der Waals surface area contributed by atoms with Crippen LogP contribution in [-0.4, -0.2) is 10.7 Å². The summed E-state index contributed by atoms with van der Waals surface area (Å²) >= 11 is 7.63. The first kappa shape index (κ1) is 10.5. The van der Waals surface area contributed by atoms with Crippen LogP contribution in [0.4, 0.5) is 5.69 Å². The number of carbonyl (C=O) groups excluding carboxylic acids is 1. The maximum atomic E-state index is 12.1. The first-order valence-corrected chi connectivity index (χ1v) is 6.69. The van der Waals surface area contributed by atoms with Crippen LogP contribution in [0.5, 0.6) is 0 Å². The minimum absolute atomic E-state index is 0.157. The molecule has 84 valence electrons. The van der Waals surface area contributed by atoms with Gasteiger partial charge in [-0.3, -0.25) is 4.79 Å². The van der Waals surface area contributed by atoms with Gasteiger partial charge < -0.3 is 5.32 Å². The van der Waals surface area contributed by atoms with Gasteiger partial charge in [-0.15, -0.1) is 11.8 Å². The fourth-order valence-electron chi connectivity index (χ4n) is 2.46. The summed E-state index contributed by atoms with van der Waals surface area (Å²) in [6.07, 6.45) is 4.30. The zero-order valence-electron chi connectivity index (χ0n) is 8.75. The highest BCUT2D eigenvalue weighted by molar-refractivity contribution is 8.01. The van der Waals surface area contributed by atoms with Crippen LogP contribution in [0.25, 0.3) is 0 Å². The van der Waals surface area contributed by atoms with Crippen LogP contribution in [0.1, 0.15) is 25.7 Å². The monoisotopic (exact) mass is 253 g/mol. The summed E-state index contributed by atoms with van der Waals surface area (Å²) in [7, 11) is 0. The van der Waals surface area contributed by atoms with E-state index < -0.39 is 0 Å². The van der Waals surface area contributed by atoms with Crippen molar-refractivity contribution in [1.82, 2.24) is 0 Å². The van der Waals surface area contributed by atoms with Crippen molar-refractivity contribution in [2.75, 3.05) is 5.32 Å². The van der Waals surface area contributed by atoms with E-state index in [4.69, 9.17) is 11.6 Å². The van der Waals surface area contributed by atoms with Crippen molar-refractivity contribution in [1.29, 1.82) is 0 Å². The van der Waals surface area contributed by atoms with Crippen molar-refractivity contribution in [3.8, 4) is 0 Å². The topological polar surface area (TPSA) is 29.1 Å². The van der Waals surface area contributed by atoms with Crippen LogP contribution >= 0.6 is 23.4 Å². The molecule has 0 radical (unpaired) electrons. The molecule has 0 saturated heterocycles. The number of hydrogen-bond acceptors (Lipinski definition) is 2. The predicted molar refractivity (Wildman–Crippen MR) is 67.1 cm³/mol. The zero-order chi connectivity index (χ0) is 11.2. The summed E-state index contributed by atoms with van der Waals surface area (Å²) in [5.41, 5.74) is 0.861. The SMILES string of the molecule is O=C1Nc2cc(Cl)ccc2SC12CCCC2. The number of anilines is 1. The minimum atomic E-state index is -0.208. The Morgan fingerprint density at radius 2 is 2.06 bits per heavy atom. The van der Waals surface area contributed by atoms with E-state index in [2.05, 4.69) is 5.32 Å². The van der Waals surface area contributed by atoms with Gasteiger partial charge in [-0.2, -0.15) is 0 Å². The lowest BCUT2D eigenvalue weighted by atomic mass is 10.1. The molecule has 3 rings (SSSR count). The fourth-order valence-corrected chi connectivity index (χ4v) is 4.04. The number of fused-ring (bicyclic) bond motifs is 1. The normalized spacial score (nSPS) is 21.9. The van der Waals surface area contributed by atoms with Gasteiger partial charge in [0, 0.05) is 9.92 Å². The highest BCUT2D eigenvalue weighted by Crippen LogP contribution is 2.51. The number of hydrogen-bond donors (Lipinski definition) is 1. The molecule has 1 aliphatic heterocycles. The number of halogens is 1. The van der Waals surface area contributed by atoms with Gasteiger partial charge in [0.05, 0.1) is 10.4 Å². The average molecular weight is 254 g/mol. The van der Waals surface area contributed by atoms with Crippen molar-refractivity contribution in [2.45, 2.75) is 35.3 Å². The van der Waals surface area contributed by atoms with Crippen molar-refractivity contribution < 1.29 is 4.79 Å². The molecule has 1 heterocycles. The van der Waals surface area contributed by atoms with Crippen LogP contribution < -0.4 is 5.32 Å². The van der Waals surface area contributed by atoms with Crippen LogP contribution in [-0.2, 0) is 4.79 Å². The molecule has 0 aromatic heterocycles. The van der Waals surface area contributed by atoms with Gasteiger partial charge in [-0.1, -0.05) is 24.4 Å². The Kier molecular flexibility index (Phi) is 2.41. The molecule has 0 bridgehead atoms. The van der Waals surface area contributed by atoms with Gasteiger partial charge in [-0.25, -0.2) is 0 Å². The molecule has 2 aliphatic rings. The molecule has 4 heteroatoms. The summed E-state index contributed by atoms with van der Waals surface area (Å²) in [6.45, 7) is 0. The molecule has 2 nitrogen and oxygen atoms in total. The van der Waals surface area contributed by atoms with E-state index in [-0.39, 0.29) is 10.7 Å². The predicted octanol–water partition coefficient (Wildman–Crippen LogP) is 3.70. The van der Waals surface area contributed by atoms with Gasteiger partial charge in [0.1, 0.15) is 0 Å². The summed E-state index contributed by atoms with van der Waals surface area (Å²) in [5.74, 6) is 0.157. The van der Waals surface area contributed by atoms with Crippen molar-refractivity contribution in [2.24, 2.45) is 0 Å². The number of benzene rings is 1. The molecule has 16 heavy (non-hydrogen) atoms. The third-order valence-corrected chi connectivity index (χ3v) is 5.12. The summed E-state index contributed by atoms with van der Waals surface area (Å²) in [4.78, 5) is 13.3. The van der Waals surface area contributed by atoms with Crippen molar-refractivity contribution in [3.63, 3.8) is 0 Å². The van der Waals surface area contributed by atoms with Crippen LogP contribution in [0, 0.1) is 0 Å². The Morgan fingerprint density at radius 3 is 2.81 bits per heavy atom. The third kappa shape index (κ3) is 1.54. The van der Waals surface area contributed by atoms with Gasteiger partial charge in [0.2, 0.25) is 5.91 Å². The second-order valence-corrected chi connectivity index (χ2v) is 6.26. The average Bonchev–Trinajstić information content (AvgIpc) is 2.70. The van der Waals surface area contributed by atoms with E-state index in [0.29, 0.717) is 5.02 Å². The second kappa shape index (κ2) is 3.67.